The predicted octanol–water partition coefficient (Wildman–Crippen LogP) is 2.59. The first-order valence-electron chi connectivity index (χ1n) is 4.00. The van der Waals surface area contributed by atoms with Crippen molar-refractivity contribution in [2.75, 3.05) is 6.61 Å². The van der Waals surface area contributed by atoms with E-state index in [1.54, 1.807) is 0 Å². The van der Waals surface area contributed by atoms with Crippen LogP contribution in [-0.4, -0.2) is 12.6 Å². The summed E-state index contributed by atoms with van der Waals surface area (Å²) in [4.78, 5) is 0. The zero-order valence-electron chi connectivity index (χ0n) is 6.80. The molecule has 0 aromatic carbocycles. The first-order valence-corrected chi connectivity index (χ1v) is 5.59. The molecule has 0 amide bonds. The Morgan fingerprint density at radius 1 is 1.46 bits per heavy atom. The van der Waals surface area contributed by atoms with E-state index in [1.807, 2.05) is 6.07 Å². The van der Waals surface area contributed by atoms with Crippen molar-refractivity contribution < 1.29 is 9.15 Å². The molecule has 2 rings (SSSR count). The highest BCUT2D eigenvalue weighted by molar-refractivity contribution is 9.13. The van der Waals surface area contributed by atoms with E-state index < -0.39 is 0 Å². The zero-order valence-corrected chi connectivity index (χ0v) is 9.97. The highest BCUT2D eigenvalue weighted by Crippen LogP contribution is 2.35. The molecule has 0 saturated carbocycles. The van der Waals surface area contributed by atoms with Gasteiger partial charge < -0.3 is 14.9 Å². The van der Waals surface area contributed by atoms with Crippen LogP contribution in [0.25, 0.3) is 0 Å². The summed E-state index contributed by atoms with van der Waals surface area (Å²) in [6.45, 7) is 0.710. The smallest absolute Gasteiger partial charge is 0.183 e. The molecule has 1 aliphatic heterocycles. The summed E-state index contributed by atoms with van der Waals surface area (Å²) in [5.41, 5.74) is 5.85. The highest BCUT2D eigenvalue weighted by Gasteiger charge is 2.29. The average molecular weight is 311 g/mol. The molecule has 3 nitrogen and oxygen atoms in total. The molecule has 0 radical (unpaired) electrons. The van der Waals surface area contributed by atoms with Crippen LogP contribution in [0.3, 0.4) is 0 Å². The second-order valence-electron chi connectivity index (χ2n) is 3.01. The van der Waals surface area contributed by atoms with Crippen molar-refractivity contribution in [3.63, 3.8) is 0 Å². The summed E-state index contributed by atoms with van der Waals surface area (Å²) in [5, 5.41) is 0. The van der Waals surface area contributed by atoms with E-state index in [2.05, 4.69) is 31.9 Å². The number of hydrogen-bond acceptors (Lipinski definition) is 3. The van der Waals surface area contributed by atoms with Crippen molar-refractivity contribution in [1.29, 1.82) is 0 Å². The molecule has 2 N–H and O–H groups in total. The minimum atomic E-state index is -0.0948. The van der Waals surface area contributed by atoms with E-state index in [9.17, 15) is 0 Å². The van der Waals surface area contributed by atoms with Crippen LogP contribution in [-0.2, 0) is 4.74 Å². The lowest BCUT2D eigenvalue weighted by Gasteiger charge is -2.10. The first kappa shape index (κ1) is 9.71. The normalized spacial score (nSPS) is 28.2. The molecule has 5 heteroatoms. The summed E-state index contributed by atoms with van der Waals surface area (Å²) < 4.78 is 12.5. The Morgan fingerprint density at radius 2 is 2.23 bits per heavy atom. The molecule has 72 valence electrons. The third kappa shape index (κ3) is 1.83. The van der Waals surface area contributed by atoms with Crippen molar-refractivity contribution >= 4 is 31.9 Å². The van der Waals surface area contributed by atoms with Crippen LogP contribution in [0.4, 0.5) is 0 Å². The summed E-state index contributed by atoms with van der Waals surface area (Å²) in [7, 11) is 0. The Balaban J connectivity index is 2.24. The van der Waals surface area contributed by atoms with Crippen LogP contribution in [0.2, 0.25) is 0 Å². The van der Waals surface area contributed by atoms with Gasteiger partial charge in [0.1, 0.15) is 11.9 Å². The number of furan rings is 1. The molecule has 0 aliphatic carbocycles. The predicted molar refractivity (Wildman–Crippen MR) is 55.4 cm³/mol. The quantitative estimate of drug-likeness (QED) is 0.867. The van der Waals surface area contributed by atoms with E-state index in [1.165, 1.54) is 0 Å². The Kier molecular flexibility index (Phi) is 2.78. The second-order valence-corrected chi connectivity index (χ2v) is 4.59. The maximum Gasteiger partial charge on any atom is 0.183 e. The first-order chi connectivity index (χ1) is 6.18. The van der Waals surface area contributed by atoms with Gasteiger partial charge in [-0.25, -0.2) is 0 Å². The van der Waals surface area contributed by atoms with Crippen LogP contribution in [0.1, 0.15) is 18.3 Å². The van der Waals surface area contributed by atoms with Gasteiger partial charge in [-0.2, -0.15) is 0 Å². The fourth-order valence-electron chi connectivity index (χ4n) is 1.40. The molecule has 1 saturated heterocycles. The summed E-state index contributed by atoms with van der Waals surface area (Å²) >= 11 is 6.62. The Hall–Kier alpha value is 0.160. The highest BCUT2D eigenvalue weighted by atomic mass is 79.9. The molecular formula is C8H9Br2NO2. The van der Waals surface area contributed by atoms with Crippen LogP contribution >= 0.6 is 31.9 Å². The minimum Gasteiger partial charge on any atom is -0.450 e. The molecule has 1 aromatic heterocycles. The van der Waals surface area contributed by atoms with E-state index in [0.717, 1.165) is 16.7 Å². The third-order valence-corrected chi connectivity index (χ3v) is 3.79. The molecular weight excluding hydrogens is 302 g/mol. The SMILES string of the molecule is NC1CCOC1c1cc(Br)c(Br)o1. The molecule has 13 heavy (non-hydrogen) atoms. The Morgan fingerprint density at radius 3 is 2.69 bits per heavy atom. The number of ether oxygens (including phenoxy) is 1. The standard InChI is InChI=1S/C8H9Br2NO2/c9-4-3-6(13-8(4)10)7-5(11)1-2-12-7/h3,5,7H,1-2,11H2. The maximum absolute atomic E-state index is 5.85. The van der Waals surface area contributed by atoms with Gasteiger partial charge in [-0.05, 0) is 44.3 Å². The number of nitrogens with two attached hydrogens (primary N) is 1. The topological polar surface area (TPSA) is 48.4 Å². The van der Waals surface area contributed by atoms with Gasteiger partial charge in [0, 0.05) is 12.6 Å². The molecule has 2 heterocycles. The lowest BCUT2D eigenvalue weighted by molar-refractivity contribution is 0.0858. The van der Waals surface area contributed by atoms with Crippen LogP contribution in [0.5, 0.6) is 0 Å². The number of halogens is 2. The van der Waals surface area contributed by atoms with Crippen molar-refractivity contribution in [2.24, 2.45) is 5.73 Å². The Bertz CT molecular complexity index is 294. The summed E-state index contributed by atoms with van der Waals surface area (Å²) in [5.74, 6) is 0.781. The monoisotopic (exact) mass is 309 g/mol. The molecule has 2 atom stereocenters. The van der Waals surface area contributed by atoms with E-state index in [-0.39, 0.29) is 12.1 Å². The third-order valence-electron chi connectivity index (χ3n) is 2.08. The lowest BCUT2D eigenvalue weighted by Crippen LogP contribution is -2.22. The van der Waals surface area contributed by atoms with Gasteiger partial charge in [0.05, 0.1) is 4.47 Å². The zero-order chi connectivity index (χ0) is 9.42. The fourth-order valence-corrected chi connectivity index (χ4v) is 2.01. The Labute approximate surface area is 92.9 Å². The van der Waals surface area contributed by atoms with Gasteiger partial charge >= 0.3 is 0 Å². The molecule has 2 unspecified atom stereocenters. The van der Waals surface area contributed by atoms with E-state index in [4.69, 9.17) is 14.9 Å². The van der Waals surface area contributed by atoms with E-state index in [0.29, 0.717) is 11.3 Å². The molecule has 1 fully saturated rings. The molecule has 0 bridgehead atoms. The van der Waals surface area contributed by atoms with Crippen molar-refractivity contribution in [2.45, 2.75) is 18.6 Å². The van der Waals surface area contributed by atoms with Gasteiger partial charge in [-0.3, -0.25) is 0 Å². The van der Waals surface area contributed by atoms with Gasteiger partial charge in [0.15, 0.2) is 4.67 Å². The molecule has 1 aliphatic rings. The van der Waals surface area contributed by atoms with Crippen LogP contribution in [0, 0.1) is 0 Å². The second kappa shape index (κ2) is 3.73. The largest absolute Gasteiger partial charge is 0.450 e. The van der Waals surface area contributed by atoms with E-state index >= 15 is 0 Å². The number of hydrogen-bond donors (Lipinski definition) is 1. The lowest BCUT2D eigenvalue weighted by atomic mass is 10.1. The minimum absolute atomic E-state index is 0.0462. The number of rotatable bonds is 1. The summed E-state index contributed by atoms with van der Waals surface area (Å²) in [6.07, 6.45) is 0.795. The van der Waals surface area contributed by atoms with Gasteiger partial charge in [0.2, 0.25) is 0 Å². The van der Waals surface area contributed by atoms with Crippen LogP contribution < -0.4 is 5.73 Å². The van der Waals surface area contributed by atoms with Gasteiger partial charge in [0.25, 0.3) is 0 Å². The maximum atomic E-state index is 5.85. The molecule has 1 aromatic rings. The fraction of sp³-hybridized carbons (Fsp3) is 0.500. The van der Waals surface area contributed by atoms with Crippen molar-refractivity contribution in [1.82, 2.24) is 0 Å². The van der Waals surface area contributed by atoms with Gasteiger partial charge in [-0.15, -0.1) is 0 Å². The molecule has 0 spiro atoms. The van der Waals surface area contributed by atoms with Gasteiger partial charge in [-0.1, -0.05) is 0 Å². The van der Waals surface area contributed by atoms with Crippen LogP contribution in [0.15, 0.2) is 19.6 Å². The average Bonchev–Trinajstić information content (AvgIpc) is 2.60. The van der Waals surface area contributed by atoms with Crippen molar-refractivity contribution in [3.8, 4) is 0 Å². The van der Waals surface area contributed by atoms with Crippen molar-refractivity contribution in [3.05, 3.63) is 21.0 Å². The summed E-state index contributed by atoms with van der Waals surface area (Å²) in [6, 6.07) is 1.94.